The van der Waals surface area contributed by atoms with Gasteiger partial charge in [0.25, 0.3) is 0 Å². The summed E-state index contributed by atoms with van der Waals surface area (Å²) in [6, 6.07) is 18.3. The second kappa shape index (κ2) is 6.44. The molecule has 1 atom stereocenters. The Morgan fingerprint density at radius 3 is 2.92 bits per heavy atom. The quantitative estimate of drug-likeness (QED) is 0.762. The molecule has 1 heterocycles. The van der Waals surface area contributed by atoms with Gasteiger partial charge in [0, 0.05) is 18.0 Å². The normalized spacial score (nSPS) is 16.6. The van der Waals surface area contributed by atoms with Crippen molar-refractivity contribution >= 4 is 22.5 Å². The van der Waals surface area contributed by atoms with Crippen LogP contribution in [-0.4, -0.2) is 10.9 Å². The number of nitrogens with one attached hydrogen (secondary N) is 1. The first-order chi connectivity index (χ1) is 11.8. The van der Waals surface area contributed by atoms with Gasteiger partial charge in [0.15, 0.2) is 0 Å². The lowest BCUT2D eigenvalue weighted by molar-refractivity contribution is -0.116. The van der Waals surface area contributed by atoms with E-state index in [0.717, 1.165) is 35.9 Å². The van der Waals surface area contributed by atoms with Crippen LogP contribution < -0.4 is 5.32 Å². The van der Waals surface area contributed by atoms with Gasteiger partial charge >= 0.3 is 0 Å². The number of aromatic nitrogens is 1. The Kier molecular flexibility index (Phi) is 3.99. The van der Waals surface area contributed by atoms with Crippen LogP contribution in [-0.2, 0) is 11.2 Å². The standard InChI is InChI=1S/C21H20N2O/c24-20(14-17-9-3-7-15-6-1-2-11-18(15)17)23-19-12-4-8-16-10-5-13-22-21(16)19/h1-2,4-6,8,10-13,17H,3,7,9,14H2,(H,23,24)/t17-/m0/s1. The van der Waals surface area contributed by atoms with Crippen LogP contribution in [0.5, 0.6) is 0 Å². The van der Waals surface area contributed by atoms with Gasteiger partial charge in [-0.3, -0.25) is 9.78 Å². The fourth-order valence-electron chi connectivity index (χ4n) is 3.70. The van der Waals surface area contributed by atoms with Crippen LogP contribution >= 0.6 is 0 Å². The molecule has 3 heteroatoms. The summed E-state index contributed by atoms with van der Waals surface area (Å²) in [5.41, 5.74) is 4.38. The zero-order valence-electron chi connectivity index (χ0n) is 13.5. The molecule has 1 aliphatic carbocycles. The summed E-state index contributed by atoms with van der Waals surface area (Å²) in [5.74, 6) is 0.382. The van der Waals surface area contributed by atoms with Crippen LogP contribution in [0.2, 0.25) is 0 Å². The largest absolute Gasteiger partial charge is 0.324 e. The number of benzene rings is 2. The van der Waals surface area contributed by atoms with Gasteiger partial charge in [-0.15, -0.1) is 0 Å². The average molecular weight is 316 g/mol. The molecule has 0 fully saturated rings. The molecule has 3 aromatic rings. The molecule has 0 bridgehead atoms. The summed E-state index contributed by atoms with van der Waals surface area (Å²) in [5, 5.41) is 4.10. The van der Waals surface area contributed by atoms with Gasteiger partial charge in [-0.05, 0) is 48.4 Å². The Morgan fingerprint density at radius 1 is 1.08 bits per heavy atom. The number of hydrogen-bond donors (Lipinski definition) is 1. The number of aryl methyl sites for hydroxylation is 1. The average Bonchev–Trinajstić information content (AvgIpc) is 2.62. The fraction of sp³-hybridized carbons (Fsp3) is 0.238. The van der Waals surface area contributed by atoms with Crippen molar-refractivity contribution in [3.05, 3.63) is 71.9 Å². The summed E-state index contributed by atoms with van der Waals surface area (Å²) < 4.78 is 0. The number of para-hydroxylation sites is 1. The van der Waals surface area contributed by atoms with E-state index < -0.39 is 0 Å². The van der Waals surface area contributed by atoms with Gasteiger partial charge in [0.1, 0.15) is 0 Å². The Hall–Kier alpha value is -2.68. The molecule has 0 aliphatic heterocycles. The van der Waals surface area contributed by atoms with Crippen molar-refractivity contribution in [2.45, 2.75) is 31.6 Å². The molecular formula is C21H20N2O. The zero-order valence-corrected chi connectivity index (χ0v) is 13.5. The number of fused-ring (bicyclic) bond motifs is 2. The van der Waals surface area contributed by atoms with Crippen molar-refractivity contribution < 1.29 is 4.79 Å². The molecule has 24 heavy (non-hydrogen) atoms. The smallest absolute Gasteiger partial charge is 0.225 e. The van der Waals surface area contributed by atoms with Gasteiger partial charge < -0.3 is 5.32 Å². The third-order valence-corrected chi connectivity index (χ3v) is 4.83. The molecule has 120 valence electrons. The van der Waals surface area contributed by atoms with Crippen LogP contribution in [0.4, 0.5) is 5.69 Å². The lowest BCUT2D eigenvalue weighted by Crippen LogP contribution is -2.19. The number of carbonyl (C=O) groups is 1. The Balaban J connectivity index is 1.53. The van der Waals surface area contributed by atoms with E-state index in [4.69, 9.17) is 0 Å². The van der Waals surface area contributed by atoms with Crippen molar-refractivity contribution in [2.24, 2.45) is 0 Å². The van der Waals surface area contributed by atoms with Crippen molar-refractivity contribution in [1.29, 1.82) is 0 Å². The summed E-state index contributed by atoms with van der Waals surface area (Å²) in [7, 11) is 0. The Morgan fingerprint density at radius 2 is 1.96 bits per heavy atom. The molecule has 0 unspecified atom stereocenters. The first-order valence-corrected chi connectivity index (χ1v) is 8.52. The molecule has 1 N–H and O–H groups in total. The second-order valence-corrected chi connectivity index (χ2v) is 6.42. The highest BCUT2D eigenvalue weighted by Gasteiger charge is 2.22. The van der Waals surface area contributed by atoms with Crippen LogP contribution in [0.15, 0.2) is 60.8 Å². The molecule has 1 aromatic heterocycles. The summed E-state index contributed by atoms with van der Waals surface area (Å²) in [6.45, 7) is 0. The van der Waals surface area contributed by atoms with E-state index in [2.05, 4.69) is 34.6 Å². The lowest BCUT2D eigenvalue weighted by atomic mass is 9.81. The molecular weight excluding hydrogens is 296 g/mol. The number of carbonyl (C=O) groups excluding carboxylic acids is 1. The highest BCUT2D eigenvalue weighted by molar-refractivity contribution is 6.00. The molecule has 3 nitrogen and oxygen atoms in total. The Labute approximate surface area is 141 Å². The number of amides is 1. The van der Waals surface area contributed by atoms with E-state index in [1.807, 2.05) is 30.3 Å². The Bertz CT molecular complexity index is 882. The van der Waals surface area contributed by atoms with Gasteiger partial charge in [-0.2, -0.15) is 0 Å². The van der Waals surface area contributed by atoms with Crippen LogP contribution in [0.1, 0.15) is 36.3 Å². The number of hydrogen-bond acceptors (Lipinski definition) is 2. The van der Waals surface area contributed by atoms with Crippen molar-refractivity contribution in [3.63, 3.8) is 0 Å². The molecule has 1 amide bonds. The fourth-order valence-corrected chi connectivity index (χ4v) is 3.70. The van der Waals surface area contributed by atoms with Gasteiger partial charge in [0.05, 0.1) is 11.2 Å². The first-order valence-electron chi connectivity index (χ1n) is 8.52. The third kappa shape index (κ3) is 2.90. The van der Waals surface area contributed by atoms with E-state index in [1.165, 1.54) is 11.1 Å². The number of rotatable bonds is 3. The predicted octanol–water partition coefficient (Wildman–Crippen LogP) is 4.68. The van der Waals surface area contributed by atoms with Crippen LogP contribution in [0.25, 0.3) is 10.9 Å². The molecule has 0 saturated heterocycles. The maximum absolute atomic E-state index is 12.6. The predicted molar refractivity (Wildman–Crippen MR) is 97.1 cm³/mol. The van der Waals surface area contributed by atoms with E-state index in [1.54, 1.807) is 6.20 Å². The van der Waals surface area contributed by atoms with E-state index in [9.17, 15) is 4.79 Å². The van der Waals surface area contributed by atoms with E-state index in [-0.39, 0.29) is 5.91 Å². The maximum atomic E-state index is 12.6. The molecule has 1 aliphatic rings. The molecule has 2 aromatic carbocycles. The SMILES string of the molecule is O=C(C[C@@H]1CCCc2ccccc21)Nc1cccc2cccnc12. The van der Waals surface area contributed by atoms with Crippen LogP contribution in [0.3, 0.4) is 0 Å². The molecule has 0 saturated carbocycles. The third-order valence-electron chi connectivity index (χ3n) is 4.83. The minimum atomic E-state index is 0.0647. The highest BCUT2D eigenvalue weighted by Crippen LogP contribution is 2.34. The molecule has 0 radical (unpaired) electrons. The van der Waals surface area contributed by atoms with Gasteiger partial charge in [0.2, 0.25) is 5.91 Å². The summed E-state index contributed by atoms with van der Waals surface area (Å²) in [6.07, 6.45) is 5.65. The van der Waals surface area contributed by atoms with Crippen molar-refractivity contribution in [2.75, 3.05) is 5.32 Å². The van der Waals surface area contributed by atoms with Gasteiger partial charge in [-0.1, -0.05) is 42.5 Å². The topological polar surface area (TPSA) is 42.0 Å². The number of pyridine rings is 1. The number of anilines is 1. The van der Waals surface area contributed by atoms with Crippen molar-refractivity contribution in [1.82, 2.24) is 4.98 Å². The van der Waals surface area contributed by atoms with E-state index >= 15 is 0 Å². The summed E-state index contributed by atoms with van der Waals surface area (Å²) >= 11 is 0. The van der Waals surface area contributed by atoms with Crippen LogP contribution in [0, 0.1) is 0 Å². The summed E-state index contributed by atoms with van der Waals surface area (Å²) in [4.78, 5) is 17.0. The number of nitrogens with zero attached hydrogens (tertiary/aromatic N) is 1. The molecule has 0 spiro atoms. The monoisotopic (exact) mass is 316 g/mol. The first kappa shape index (κ1) is 14.9. The minimum Gasteiger partial charge on any atom is -0.324 e. The minimum absolute atomic E-state index is 0.0647. The van der Waals surface area contributed by atoms with E-state index in [0.29, 0.717) is 12.3 Å². The second-order valence-electron chi connectivity index (χ2n) is 6.42. The maximum Gasteiger partial charge on any atom is 0.225 e. The zero-order chi connectivity index (χ0) is 16.4. The lowest BCUT2D eigenvalue weighted by Gasteiger charge is -2.25. The highest BCUT2D eigenvalue weighted by atomic mass is 16.1. The molecule has 4 rings (SSSR count). The van der Waals surface area contributed by atoms with Crippen molar-refractivity contribution in [3.8, 4) is 0 Å². The van der Waals surface area contributed by atoms with Gasteiger partial charge in [-0.25, -0.2) is 0 Å².